The van der Waals surface area contributed by atoms with Crippen LogP contribution in [0.15, 0.2) is 66.7 Å². The Hall–Kier alpha value is -3.64. The maximum Gasteiger partial charge on any atom is 0.335 e. The third-order valence-corrected chi connectivity index (χ3v) is 6.39. The minimum atomic E-state index is -0.963. The molecule has 5 rings (SSSR count). The van der Waals surface area contributed by atoms with E-state index in [-0.39, 0.29) is 23.0 Å². The molecule has 3 aromatic carbocycles. The molecule has 0 bridgehead atoms. The highest BCUT2D eigenvalue weighted by Gasteiger charge is 2.28. The van der Waals surface area contributed by atoms with Gasteiger partial charge < -0.3 is 19.5 Å². The van der Waals surface area contributed by atoms with Gasteiger partial charge in [-0.2, -0.15) is 0 Å². The number of aromatic carboxylic acids is 1. The highest BCUT2D eigenvalue weighted by Crippen LogP contribution is 2.42. The number of hydrogen-bond acceptors (Lipinski definition) is 3. The van der Waals surface area contributed by atoms with Gasteiger partial charge in [-0.25, -0.2) is 9.18 Å². The molecule has 1 aliphatic heterocycles. The number of phenolic OH excluding ortho intramolecular Hbond substituents is 1. The van der Waals surface area contributed by atoms with E-state index >= 15 is 0 Å². The second-order valence-electron chi connectivity index (χ2n) is 8.41. The van der Waals surface area contributed by atoms with Crippen LogP contribution in [-0.4, -0.2) is 34.0 Å². The number of benzene rings is 3. The molecule has 0 atom stereocenters. The summed E-state index contributed by atoms with van der Waals surface area (Å²) in [6.45, 7) is 1.32. The van der Waals surface area contributed by atoms with Gasteiger partial charge in [0.05, 0.1) is 11.1 Å². The zero-order valence-electron chi connectivity index (χ0n) is 18.0. The topological polar surface area (TPSA) is 71.7 Å². The van der Waals surface area contributed by atoms with E-state index in [1.54, 1.807) is 30.3 Å². The summed E-state index contributed by atoms with van der Waals surface area (Å²) in [5.41, 5.74) is 4.97. The number of carboxylic acids is 1. The zero-order valence-corrected chi connectivity index (χ0v) is 18.0. The summed E-state index contributed by atoms with van der Waals surface area (Å²) >= 11 is 0. The van der Waals surface area contributed by atoms with Crippen molar-refractivity contribution >= 4 is 16.9 Å². The van der Waals surface area contributed by atoms with E-state index in [9.17, 15) is 19.4 Å². The summed E-state index contributed by atoms with van der Waals surface area (Å²) in [6, 6.07) is 18.7. The van der Waals surface area contributed by atoms with Crippen LogP contribution in [0, 0.1) is 5.82 Å². The summed E-state index contributed by atoms with van der Waals surface area (Å²) in [5, 5.41) is 20.9. The van der Waals surface area contributed by atoms with Gasteiger partial charge in [0, 0.05) is 35.9 Å². The summed E-state index contributed by atoms with van der Waals surface area (Å²) in [6.07, 6.45) is 2.24. The Balaban J connectivity index is 1.74. The highest BCUT2D eigenvalue weighted by atomic mass is 19.1. The first-order valence-corrected chi connectivity index (χ1v) is 11.0. The van der Waals surface area contributed by atoms with Gasteiger partial charge in [0.2, 0.25) is 0 Å². The van der Waals surface area contributed by atoms with Crippen LogP contribution in [0.4, 0.5) is 4.39 Å². The molecule has 33 heavy (non-hydrogen) atoms. The van der Waals surface area contributed by atoms with Crippen LogP contribution in [0.2, 0.25) is 0 Å². The minimum absolute atomic E-state index is 0.193. The van der Waals surface area contributed by atoms with Gasteiger partial charge in [0.15, 0.2) is 0 Å². The molecule has 0 unspecified atom stereocenters. The number of halogens is 1. The molecule has 0 saturated carbocycles. The van der Waals surface area contributed by atoms with Crippen LogP contribution in [0.1, 0.15) is 45.9 Å². The predicted octanol–water partition coefficient (Wildman–Crippen LogP) is 5.66. The van der Waals surface area contributed by atoms with Crippen LogP contribution in [0.3, 0.4) is 0 Å². The standard InChI is InChI=1S/C27H24FNO4/c28-20-8-10-21(11-9-20)29-23-2-1-3-24(30)25(23)22(26(29)18-12-14-33-15-13-18)16-17-4-6-19(7-5-17)27(31)32/h1-11,18,30H,12-16H2,(H,31,32). The van der Waals surface area contributed by atoms with Crippen molar-refractivity contribution in [2.24, 2.45) is 0 Å². The monoisotopic (exact) mass is 445 g/mol. The first-order valence-electron chi connectivity index (χ1n) is 11.0. The Labute approximate surface area is 190 Å². The Morgan fingerprint density at radius 3 is 2.36 bits per heavy atom. The van der Waals surface area contributed by atoms with E-state index in [0.717, 1.165) is 46.3 Å². The molecule has 1 saturated heterocycles. The first kappa shape index (κ1) is 21.2. The van der Waals surface area contributed by atoms with Crippen LogP contribution in [0.25, 0.3) is 16.6 Å². The fourth-order valence-electron chi connectivity index (χ4n) is 4.83. The number of phenols is 1. The zero-order chi connectivity index (χ0) is 22.9. The number of carboxylic acid groups (broad SMARTS) is 1. The third-order valence-electron chi connectivity index (χ3n) is 6.39. The van der Waals surface area contributed by atoms with E-state index in [2.05, 4.69) is 4.57 Å². The van der Waals surface area contributed by atoms with Gasteiger partial charge in [0.25, 0.3) is 0 Å². The van der Waals surface area contributed by atoms with Crippen LogP contribution in [-0.2, 0) is 11.2 Å². The lowest BCUT2D eigenvalue weighted by Crippen LogP contribution is -2.18. The SMILES string of the molecule is O=C(O)c1ccc(Cc2c(C3CCOCC3)n(-c3ccc(F)cc3)c3cccc(O)c23)cc1. The largest absolute Gasteiger partial charge is 0.507 e. The molecule has 0 spiro atoms. The predicted molar refractivity (Wildman–Crippen MR) is 124 cm³/mol. The molecule has 1 fully saturated rings. The lowest BCUT2D eigenvalue weighted by atomic mass is 9.90. The van der Waals surface area contributed by atoms with Gasteiger partial charge in [-0.1, -0.05) is 18.2 Å². The molecule has 2 N–H and O–H groups in total. The maximum atomic E-state index is 13.7. The third kappa shape index (κ3) is 3.98. The molecule has 1 aliphatic rings. The van der Waals surface area contributed by atoms with Gasteiger partial charge in [-0.3, -0.25) is 0 Å². The minimum Gasteiger partial charge on any atom is -0.507 e. The van der Waals surface area contributed by atoms with Gasteiger partial charge in [0.1, 0.15) is 11.6 Å². The molecule has 0 radical (unpaired) electrons. The van der Waals surface area contributed by atoms with Gasteiger partial charge in [-0.15, -0.1) is 0 Å². The van der Waals surface area contributed by atoms with E-state index in [1.807, 2.05) is 24.3 Å². The fraction of sp³-hybridized carbons (Fsp3) is 0.222. The average Bonchev–Trinajstić information content (AvgIpc) is 3.15. The smallest absolute Gasteiger partial charge is 0.335 e. The van der Waals surface area contributed by atoms with Crippen molar-refractivity contribution in [1.82, 2.24) is 4.57 Å². The Kier molecular flexibility index (Phi) is 5.60. The first-order chi connectivity index (χ1) is 16.0. The number of hydrogen-bond donors (Lipinski definition) is 2. The van der Waals surface area contributed by atoms with Crippen molar-refractivity contribution in [2.45, 2.75) is 25.2 Å². The van der Waals surface area contributed by atoms with Crippen molar-refractivity contribution < 1.29 is 24.1 Å². The molecule has 5 nitrogen and oxygen atoms in total. The molecule has 1 aromatic heterocycles. The number of rotatable bonds is 5. The molecular weight excluding hydrogens is 421 g/mol. The second kappa shape index (κ2) is 8.71. The maximum absolute atomic E-state index is 13.7. The Bertz CT molecular complexity index is 1300. The molecule has 168 valence electrons. The van der Waals surface area contributed by atoms with Crippen LogP contribution in [0.5, 0.6) is 5.75 Å². The number of nitrogens with zero attached hydrogens (tertiary/aromatic N) is 1. The quantitative estimate of drug-likeness (QED) is 0.416. The number of ether oxygens (including phenoxy) is 1. The molecule has 0 amide bonds. The fourth-order valence-corrected chi connectivity index (χ4v) is 4.83. The Morgan fingerprint density at radius 2 is 1.70 bits per heavy atom. The lowest BCUT2D eigenvalue weighted by molar-refractivity contribution is 0.0697. The molecular formula is C27H24FNO4. The average molecular weight is 445 g/mol. The second-order valence-corrected chi connectivity index (χ2v) is 8.41. The Morgan fingerprint density at radius 1 is 1.00 bits per heavy atom. The van der Waals surface area contributed by atoms with Crippen molar-refractivity contribution in [1.29, 1.82) is 0 Å². The van der Waals surface area contributed by atoms with Gasteiger partial charge >= 0.3 is 5.97 Å². The van der Waals surface area contributed by atoms with E-state index in [1.165, 1.54) is 12.1 Å². The normalized spacial score (nSPS) is 14.6. The molecule has 6 heteroatoms. The van der Waals surface area contributed by atoms with Gasteiger partial charge in [-0.05, 0) is 78.9 Å². The molecule has 2 heterocycles. The lowest BCUT2D eigenvalue weighted by Gasteiger charge is -2.26. The van der Waals surface area contributed by atoms with Crippen LogP contribution >= 0.6 is 0 Å². The summed E-state index contributed by atoms with van der Waals surface area (Å²) in [4.78, 5) is 11.3. The van der Waals surface area contributed by atoms with Crippen molar-refractivity contribution in [3.8, 4) is 11.4 Å². The highest BCUT2D eigenvalue weighted by molar-refractivity contribution is 5.93. The van der Waals surface area contributed by atoms with Crippen molar-refractivity contribution in [3.05, 3.63) is 94.9 Å². The number of fused-ring (bicyclic) bond motifs is 1. The van der Waals surface area contributed by atoms with Crippen molar-refractivity contribution in [3.63, 3.8) is 0 Å². The molecule has 0 aliphatic carbocycles. The number of aromatic hydroxyl groups is 1. The van der Waals surface area contributed by atoms with E-state index in [4.69, 9.17) is 4.74 Å². The summed E-state index contributed by atoms with van der Waals surface area (Å²) in [5.74, 6) is -0.859. The summed E-state index contributed by atoms with van der Waals surface area (Å²) in [7, 11) is 0. The summed E-state index contributed by atoms with van der Waals surface area (Å²) < 4.78 is 21.5. The number of aromatic nitrogens is 1. The number of carbonyl (C=O) groups is 1. The van der Waals surface area contributed by atoms with E-state index in [0.29, 0.717) is 19.6 Å². The molecule has 4 aromatic rings. The van der Waals surface area contributed by atoms with Crippen LogP contribution < -0.4 is 0 Å². The van der Waals surface area contributed by atoms with Crippen molar-refractivity contribution in [2.75, 3.05) is 13.2 Å². The van der Waals surface area contributed by atoms with E-state index < -0.39 is 5.97 Å².